The van der Waals surface area contributed by atoms with Crippen LogP contribution in [0.25, 0.3) is 0 Å². The van der Waals surface area contributed by atoms with Crippen molar-refractivity contribution in [3.05, 3.63) is 65.5 Å². The Morgan fingerprint density at radius 1 is 1.00 bits per heavy atom. The zero-order valence-electron chi connectivity index (χ0n) is 9.86. The van der Waals surface area contributed by atoms with Crippen molar-refractivity contribution >= 4 is 11.6 Å². The molecule has 1 nitrogen and oxygen atoms in total. The summed E-state index contributed by atoms with van der Waals surface area (Å²) in [6.45, 7) is 0. The van der Waals surface area contributed by atoms with Gasteiger partial charge in [-0.25, -0.2) is 0 Å². The predicted molar refractivity (Wildman–Crippen MR) is 68.0 cm³/mol. The third-order valence-corrected chi connectivity index (χ3v) is 3.17. The van der Waals surface area contributed by atoms with Crippen LogP contribution in [-0.2, 0) is 12.6 Å². The maximum absolute atomic E-state index is 12.4. The van der Waals surface area contributed by atoms with Gasteiger partial charge in [0.25, 0.3) is 0 Å². The second-order valence-electron chi connectivity index (χ2n) is 4.15. The Kier molecular flexibility index (Phi) is 4.10. The minimum Gasteiger partial charge on any atom is -0.265 e. The van der Waals surface area contributed by atoms with Crippen LogP contribution in [0, 0.1) is 0 Å². The fourth-order valence-electron chi connectivity index (χ4n) is 1.73. The highest BCUT2D eigenvalue weighted by atomic mass is 35.5. The van der Waals surface area contributed by atoms with Crippen LogP contribution in [0.2, 0.25) is 0 Å². The third-order valence-electron chi connectivity index (χ3n) is 2.76. The van der Waals surface area contributed by atoms with Crippen molar-refractivity contribution in [1.82, 2.24) is 4.98 Å². The summed E-state index contributed by atoms with van der Waals surface area (Å²) >= 11 is 6.22. The Balaban J connectivity index is 2.08. The molecule has 1 heterocycles. The predicted octanol–water partition coefficient (Wildman–Crippen LogP) is 4.62. The van der Waals surface area contributed by atoms with E-state index in [1.165, 1.54) is 12.1 Å². The van der Waals surface area contributed by atoms with Gasteiger partial charge in [-0.3, -0.25) is 4.98 Å². The summed E-state index contributed by atoms with van der Waals surface area (Å²) in [5.74, 6) is 0. The molecule has 0 bridgehead atoms. The van der Waals surface area contributed by atoms with Gasteiger partial charge in [0.1, 0.15) is 0 Å². The number of hydrogen-bond donors (Lipinski definition) is 0. The van der Waals surface area contributed by atoms with E-state index in [2.05, 4.69) is 4.98 Å². The molecule has 0 aliphatic rings. The highest BCUT2D eigenvalue weighted by Gasteiger charge is 2.29. The van der Waals surface area contributed by atoms with Crippen molar-refractivity contribution in [2.45, 2.75) is 18.0 Å². The molecule has 0 amide bonds. The van der Waals surface area contributed by atoms with E-state index in [-0.39, 0.29) is 5.38 Å². The lowest BCUT2D eigenvalue weighted by molar-refractivity contribution is -0.137. The van der Waals surface area contributed by atoms with Crippen molar-refractivity contribution in [3.8, 4) is 0 Å². The van der Waals surface area contributed by atoms with Gasteiger partial charge in [-0.15, -0.1) is 11.6 Å². The van der Waals surface area contributed by atoms with E-state index in [4.69, 9.17) is 11.6 Å². The number of nitrogens with zero attached hydrogens (tertiary/aromatic N) is 1. The van der Waals surface area contributed by atoms with Gasteiger partial charge >= 0.3 is 6.18 Å². The molecule has 2 aromatic rings. The summed E-state index contributed by atoms with van der Waals surface area (Å²) in [6, 6.07) is 8.65. The summed E-state index contributed by atoms with van der Waals surface area (Å²) in [5, 5.41) is -0.278. The lowest BCUT2D eigenvalue weighted by Gasteiger charge is -2.11. The van der Waals surface area contributed by atoms with Gasteiger partial charge in [0, 0.05) is 12.4 Å². The van der Waals surface area contributed by atoms with Gasteiger partial charge in [0.2, 0.25) is 0 Å². The second-order valence-corrected chi connectivity index (χ2v) is 4.67. The molecule has 0 radical (unpaired) electrons. The van der Waals surface area contributed by atoms with Crippen LogP contribution in [-0.4, -0.2) is 4.98 Å². The summed E-state index contributed by atoms with van der Waals surface area (Å²) in [5.41, 5.74) is 1.02. The quantitative estimate of drug-likeness (QED) is 0.750. The molecule has 19 heavy (non-hydrogen) atoms. The Hall–Kier alpha value is -1.55. The van der Waals surface area contributed by atoms with E-state index in [9.17, 15) is 13.2 Å². The van der Waals surface area contributed by atoms with E-state index in [1.54, 1.807) is 24.5 Å². The zero-order chi connectivity index (χ0) is 13.9. The average molecular weight is 286 g/mol. The summed E-state index contributed by atoms with van der Waals surface area (Å²) < 4.78 is 37.2. The topological polar surface area (TPSA) is 12.9 Å². The molecule has 100 valence electrons. The Bertz CT molecular complexity index is 523. The number of pyridine rings is 1. The minimum absolute atomic E-state index is 0.278. The van der Waals surface area contributed by atoms with Crippen LogP contribution in [0.3, 0.4) is 0 Å². The van der Waals surface area contributed by atoms with Gasteiger partial charge in [-0.1, -0.05) is 12.1 Å². The van der Waals surface area contributed by atoms with Gasteiger partial charge in [0.15, 0.2) is 0 Å². The lowest BCUT2D eigenvalue weighted by atomic mass is 10.0. The molecule has 2 rings (SSSR count). The Labute approximate surface area is 114 Å². The highest BCUT2D eigenvalue weighted by molar-refractivity contribution is 6.20. The first-order valence-electron chi connectivity index (χ1n) is 5.67. The van der Waals surface area contributed by atoms with E-state index < -0.39 is 11.7 Å². The monoisotopic (exact) mass is 285 g/mol. The molecule has 5 heteroatoms. The normalized spacial score (nSPS) is 13.3. The first kappa shape index (κ1) is 13.9. The molecule has 1 atom stereocenters. The van der Waals surface area contributed by atoms with Crippen LogP contribution in [0.1, 0.15) is 22.1 Å². The summed E-state index contributed by atoms with van der Waals surface area (Å²) in [7, 11) is 0. The standard InChI is InChI=1S/C14H11ClF3N/c15-13(11-5-7-19-8-6-11)9-10-1-3-12(4-2-10)14(16,17)18/h1-8,13H,9H2. The molecule has 1 unspecified atom stereocenters. The van der Waals surface area contributed by atoms with Gasteiger partial charge in [-0.05, 0) is 41.8 Å². The van der Waals surface area contributed by atoms with E-state index in [0.29, 0.717) is 6.42 Å². The Morgan fingerprint density at radius 3 is 2.11 bits per heavy atom. The first-order chi connectivity index (χ1) is 8.97. The number of alkyl halides is 4. The number of benzene rings is 1. The number of halogens is 4. The fraction of sp³-hybridized carbons (Fsp3) is 0.214. The van der Waals surface area contributed by atoms with Crippen LogP contribution >= 0.6 is 11.6 Å². The van der Waals surface area contributed by atoms with Crippen LogP contribution in [0.4, 0.5) is 13.2 Å². The van der Waals surface area contributed by atoms with Gasteiger partial charge in [0.05, 0.1) is 10.9 Å². The molecule has 1 aromatic heterocycles. The smallest absolute Gasteiger partial charge is 0.265 e. The average Bonchev–Trinajstić information content (AvgIpc) is 2.39. The molecule has 0 aliphatic carbocycles. The first-order valence-corrected chi connectivity index (χ1v) is 6.10. The minimum atomic E-state index is -4.30. The molecule has 0 N–H and O–H groups in total. The fourth-order valence-corrected chi connectivity index (χ4v) is 2.05. The molecule has 0 saturated carbocycles. The second kappa shape index (κ2) is 5.61. The van der Waals surface area contributed by atoms with Crippen LogP contribution in [0.5, 0.6) is 0 Å². The van der Waals surface area contributed by atoms with Crippen molar-refractivity contribution in [1.29, 1.82) is 0 Å². The number of rotatable bonds is 3. The van der Waals surface area contributed by atoms with Crippen LogP contribution in [0.15, 0.2) is 48.8 Å². The third kappa shape index (κ3) is 3.70. The van der Waals surface area contributed by atoms with Gasteiger partial charge < -0.3 is 0 Å². The molecule has 0 fully saturated rings. The summed E-state index contributed by atoms with van der Waals surface area (Å²) in [4.78, 5) is 3.89. The molecular weight excluding hydrogens is 275 g/mol. The number of hydrogen-bond acceptors (Lipinski definition) is 1. The number of aromatic nitrogens is 1. The van der Waals surface area contributed by atoms with E-state index in [1.807, 2.05) is 0 Å². The van der Waals surface area contributed by atoms with E-state index >= 15 is 0 Å². The molecule has 0 saturated heterocycles. The van der Waals surface area contributed by atoms with Crippen molar-refractivity contribution < 1.29 is 13.2 Å². The van der Waals surface area contributed by atoms with E-state index in [0.717, 1.165) is 23.3 Å². The summed E-state index contributed by atoms with van der Waals surface area (Å²) in [6.07, 6.45) is -0.553. The largest absolute Gasteiger partial charge is 0.416 e. The molecular formula is C14H11ClF3N. The maximum Gasteiger partial charge on any atom is 0.416 e. The Morgan fingerprint density at radius 2 is 1.58 bits per heavy atom. The van der Waals surface area contributed by atoms with Crippen molar-refractivity contribution in [2.24, 2.45) is 0 Å². The SMILES string of the molecule is FC(F)(F)c1ccc(CC(Cl)c2ccncc2)cc1. The zero-order valence-corrected chi connectivity index (χ0v) is 10.6. The van der Waals surface area contributed by atoms with Crippen molar-refractivity contribution in [2.75, 3.05) is 0 Å². The van der Waals surface area contributed by atoms with Gasteiger partial charge in [-0.2, -0.15) is 13.2 Å². The molecule has 0 aliphatic heterocycles. The maximum atomic E-state index is 12.4. The highest BCUT2D eigenvalue weighted by Crippen LogP contribution is 2.30. The molecule has 0 spiro atoms. The lowest BCUT2D eigenvalue weighted by Crippen LogP contribution is -2.05. The van der Waals surface area contributed by atoms with Crippen molar-refractivity contribution in [3.63, 3.8) is 0 Å². The van der Waals surface area contributed by atoms with Crippen LogP contribution < -0.4 is 0 Å². The molecule has 1 aromatic carbocycles.